The fraction of sp³-hybridized carbons (Fsp3) is 0.167. The van der Waals surface area contributed by atoms with Gasteiger partial charge >= 0.3 is 5.63 Å². The number of benzene rings is 1. The van der Waals surface area contributed by atoms with E-state index in [0.717, 1.165) is 16.7 Å². The van der Waals surface area contributed by atoms with Crippen molar-refractivity contribution in [3.8, 4) is 5.75 Å². The molecule has 7 heteroatoms. The topological polar surface area (TPSA) is 94.0 Å². The van der Waals surface area contributed by atoms with Crippen molar-refractivity contribution in [3.63, 3.8) is 0 Å². The molecule has 1 amide bonds. The largest absolute Gasteiger partial charge is 0.484 e. The average Bonchev–Trinajstić information content (AvgIpc) is 2.97. The number of hydrogen-bond donors (Lipinski definition) is 1. The van der Waals surface area contributed by atoms with Gasteiger partial charge in [0, 0.05) is 17.5 Å². The molecule has 0 saturated carbocycles. The predicted molar refractivity (Wildman–Crippen MR) is 91.9 cm³/mol. The van der Waals surface area contributed by atoms with Gasteiger partial charge in [-0.05, 0) is 43.7 Å². The zero-order valence-electron chi connectivity index (χ0n) is 13.7. The van der Waals surface area contributed by atoms with Gasteiger partial charge in [0.05, 0.1) is 6.21 Å². The number of carbonyl (C=O) groups is 1. The van der Waals surface area contributed by atoms with Gasteiger partial charge in [0.2, 0.25) is 0 Å². The van der Waals surface area contributed by atoms with Crippen LogP contribution in [0.25, 0.3) is 11.0 Å². The highest BCUT2D eigenvalue weighted by molar-refractivity contribution is 5.82. The van der Waals surface area contributed by atoms with E-state index in [4.69, 9.17) is 13.6 Å². The number of hydrazone groups is 1. The second kappa shape index (κ2) is 7.04. The number of nitrogens with zero attached hydrogens (tertiary/aromatic N) is 1. The molecule has 2 aromatic heterocycles. The van der Waals surface area contributed by atoms with Gasteiger partial charge in [-0.3, -0.25) is 4.79 Å². The summed E-state index contributed by atoms with van der Waals surface area (Å²) in [6.07, 6.45) is 1.40. The van der Waals surface area contributed by atoms with Crippen LogP contribution in [0.1, 0.15) is 17.1 Å². The van der Waals surface area contributed by atoms with Gasteiger partial charge in [-0.15, -0.1) is 0 Å². The second-order valence-electron chi connectivity index (χ2n) is 5.44. The minimum absolute atomic E-state index is 0.226. The summed E-state index contributed by atoms with van der Waals surface area (Å²) in [5.74, 6) is 1.29. The Morgan fingerprint density at radius 1 is 1.20 bits per heavy atom. The Bertz CT molecular complexity index is 1000. The van der Waals surface area contributed by atoms with Crippen molar-refractivity contribution < 1.29 is 18.4 Å². The van der Waals surface area contributed by atoms with E-state index in [0.29, 0.717) is 17.1 Å². The molecule has 1 N–H and O–H groups in total. The van der Waals surface area contributed by atoms with Crippen LogP contribution in [0.15, 0.2) is 55.1 Å². The van der Waals surface area contributed by atoms with E-state index < -0.39 is 11.5 Å². The molecular formula is C18H16N2O5. The molecule has 0 aliphatic heterocycles. The van der Waals surface area contributed by atoms with Crippen LogP contribution >= 0.6 is 0 Å². The first-order valence-corrected chi connectivity index (χ1v) is 7.57. The van der Waals surface area contributed by atoms with Crippen LogP contribution in [-0.4, -0.2) is 18.7 Å². The van der Waals surface area contributed by atoms with Crippen molar-refractivity contribution in [1.82, 2.24) is 5.43 Å². The lowest BCUT2D eigenvalue weighted by Crippen LogP contribution is -2.24. The highest BCUT2D eigenvalue weighted by Gasteiger charge is 2.06. The van der Waals surface area contributed by atoms with Crippen LogP contribution in [0.4, 0.5) is 0 Å². The number of amides is 1. The smallest absolute Gasteiger partial charge is 0.336 e. The van der Waals surface area contributed by atoms with Gasteiger partial charge in [0.1, 0.15) is 22.9 Å². The maximum Gasteiger partial charge on any atom is 0.336 e. The van der Waals surface area contributed by atoms with Crippen molar-refractivity contribution in [1.29, 1.82) is 0 Å². The molecule has 0 atom stereocenters. The SMILES string of the molecule is Cc1ccc(/C=N/NC(=O)COc2ccc3c(C)cc(=O)oc3c2)o1. The van der Waals surface area contributed by atoms with Crippen LogP contribution in [0, 0.1) is 13.8 Å². The zero-order valence-corrected chi connectivity index (χ0v) is 13.7. The first-order valence-electron chi connectivity index (χ1n) is 7.57. The predicted octanol–water partition coefficient (Wildman–Crippen LogP) is 2.53. The van der Waals surface area contributed by atoms with E-state index in [2.05, 4.69) is 10.5 Å². The Morgan fingerprint density at radius 3 is 2.80 bits per heavy atom. The minimum atomic E-state index is -0.428. The molecule has 2 heterocycles. The molecule has 25 heavy (non-hydrogen) atoms. The first-order chi connectivity index (χ1) is 12.0. The third-order valence-corrected chi connectivity index (χ3v) is 3.43. The standard InChI is InChI=1S/C18H16N2O5/c1-11-7-18(22)25-16-8-13(5-6-15(11)16)23-10-17(21)20-19-9-14-4-3-12(2)24-14/h3-9H,10H2,1-2H3,(H,20,21)/b19-9+. The fourth-order valence-corrected chi connectivity index (χ4v) is 2.27. The van der Waals surface area contributed by atoms with Gasteiger partial charge in [-0.1, -0.05) is 0 Å². The monoisotopic (exact) mass is 340 g/mol. The van der Waals surface area contributed by atoms with Crippen molar-refractivity contribution in [2.75, 3.05) is 6.61 Å². The molecule has 0 spiro atoms. The molecule has 0 aliphatic rings. The van der Waals surface area contributed by atoms with E-state index >= 15 is 0 Å². The summed E-state index contributed by atoms with van der Waals surface area (Å²) in [4.78, 5) is 23.2. The Hall–Kier alpha value is -3.35. The number of fused-ring (bicyclic) bond motifs is 1. The number of rotatable bonds is 5. The van der Waals surface area contributed by atoms with Crippen molar-refractivity contribution in [2.45, 2.75) is 13.8 Å². The summed E-state index contributed by atoms with van der Waals surface area (Å²) in [6.45, 7) is 3.42. The lowest BCUT2D eigenvalue weighted by atomic mass is 10.1. The fourth-order valence-electron chi connectivity index (χ4n) is 2.27. The second-order valence-corrected chi connectivity index (χ2v) is 5.44. The van der Waals surface area contributed by atoms with Gasteiger partial charge < -0.3 is 13.6 Å². The molecular weight excluding hydrogens is 324 g/mol. The molecule has 0 unspecified atom stereocenters. The highest BCUT2D eigenvalue weighted by atomic mass is 16.5. The summed E-state index contributed by atoms with van der Waals surface area (Å²) < 4.78 is 15.8. The highest BCUT2D eigenvalue weighted by Crippen LogP contribution is 2.22. The maximum atomic E-state index is 11.7. The van der Waals surface area contributed by atoms with E-state index in [1.54, 1.807) is 30.3 Å². The van der Waals surface area contributed by atoms with Crippen LogP contribution < -0.4 is 15.8 Å². The van der Waals surface area contributed by atoms with Crippen molar-refractivity contribution in [3.05, 3.63) is 63.9 Å². The molecule has 3 rings (SSSR count). The van der Waals surface area contributed by atoms with Crippen molar-refractivity contribution in [2.24, 2.45) is 5.10 Å². The van der Waals surface area contributed by atoms with Crippen molar-refractivity contribution >= 4 is 23.1 Å². The molecule has 3 aromatic rings. The molecule has 7 nitrogen and oxygen atoms in total. The van der Waals surface area contributed by atoms with Crippen LogP contribution in [0.3, 0.4) is 0 Å². The van der Waals surface area contributed by atoms with Crippen LogP contribution in [0.5, 0.6) is 5.75 Å². The Morgan fingerprint density at radius 2 is 2.04 bits per heavy atom. The number of nitrogens with one attached hydrogen (secondary N) is 1. The number of hydrogen-bond acceptors (Lipinski definition) is 6. The van der Waals surface area contributed by atoms with E-state index in [-0.39, 0.29) is 6.61 Å². The summed E-state index contributed by atoms with van der Waals surface area (Å²) >= 11 is 0. The number of carbonyl (C=O) groups excluding carboxylic acids is 1. The Labute approximate surface area is 142 Å². The average molecular weight is 340 g/mol. The molecule has 0 saturated heterocycles. The van der Waals surface area contributed by atoms with Gasteiger partial charge in [-0.2, -0.15) is 5.10 Å². The van der Waals surface area contributed by atoms with E-state index in [1.165, 1.54) is 12.3 Å². The minimum Gasteiger partial charge on any atom is -0.484 e. The molecule has 128 valence electrons. The summed E-state index contributed by atoms with van der Waals surface area (Å²) in [7, 11) is 0. The zero-order chi connectivity index (χ0) is 17.8. The first kappa shape index (κ1) is 16.5. The lowest BCUT2D eigenvalue weighted by Gasteiger charge is -2.06. The van der Waals surface area contributed by atoms with Crippen LogP contribution in [-0.2, 0) is 4.79 Å². The number of furan rings is 1. The van der Waals surface area contributed by atoms with Gasteiger partial charge in [0.25, 0.3) is 5.91 Å². The van der Waals surface area contributed by atoms with E-state index in [1.807, 2.05) is 13.8 Å². The summed E-state index contributed by atoms with van der Waals surface area (Å²) in [5, 5.41) is 4.60. The number of ether oxygens (including phenoxy) is 1. The molecule has 0 bridgehead atoms. The van der Waals surface area contributed by atoms with Crippen LogP contribution in [0.2, 0.25) is 0 Å². The molecule has 0 radical (unpaired) electrons. The summed E-state index contributed by atoms with van der Waals surface area (Å²) in [6, 6.07) is 10.0. The third kappa shape index (κ3) is 4.14. The Balaban J connectivity index is 1.59. The normalized spacial score (nSPS) is 11.1. The number of aryl methyl sites for hydroxylation is 2. The maximum absolute atomic E-state index is 11.7. The van der Waals surface area contributed by atoms with E-state index in [9.17, 15) is 9.59 Å². The summed E-state index contributed by atoms with van der Waals surface area (Å²) in [5.41, 5.74) is 3.14. The lowest BCUT2D eigenvalue weighted by molar-refractivity contribution is -0.123. The van der Waals surface area contributed by atoms with Gasteiger partial charge in [-0.25, -0.2) is 10.2 Å². The third-order valence-electron chi connectivity index (χ3n) is 3.43. The molecule has 0 fully saturated rings. The molecule has 0 aliphatic carbocycles. The Kier molecular flexibility index (Phi) is 4.65. The quantitative estimate of drug-likeness (QED) is 0.437. The molecule has 1 aromatic carbocycles. The van der Waals surface area contributed by atoms with Gasteiger partial charge in [0.15, 0.2) is 6.61 Å².